The zero-order valence-corrected chi connectivity index (χ0v) is 10.7. The van der Waals surface area contributed by atoms with Gasteiger partial charge in [-0.1, -0.05) is 0 Å². The lowest BCUT2D eigenvalue weighted by atomic mass is 10.1. The summed E-state index contributed by atoms with van der Waals surface area (Å²) in [4.78, 5) is 41.8. The van der Waals surface area contributed by atoms with Crippen LogP contribution in [0.25, 0.3) is 0 Å². The molecule has 0 saturated heterocycles. The molecule has 1 rings (SSSR count). The molecule has 0 aliphatic carbocycles. The number of carboxylic acid groups (broad SMARTS) is 1. The number of benzene rings is 1. The molecule has 118 valence electrons. The minimum Gasteiger partial charge on any atom is -0.481 e. The van der Waals surface area contributed by atoms with Crippen molar-refractivity contribution < 1.29 is 42.3 Å². The van der Waals surface area contributed by atoms with Crippen LogP contribution in [0.3, 0.4) is 0 Å². The molecule has 22 heavy (non-hydrogen) atoms. The Morgan fingerprint density at radius 1 is 1.18 bits per heavy atom. The molecule has 1 aromatic rings. The number of nitrogens with zero attached hydrogens (tertiary/aromatic N) is 1. The van der Waals surface area contributed by atoms with Gasteiger partial charge in [0.1, 0.15) is 6.42 Å². The first-order chi connectivity index (χ1) is 10.1. The molecule has 0 aliphatic heterocycles. The van der Waals surface area contributed by atoms with Gasteiger partial charge in [-0.25, -0.2) is 13.6 Å². The minimum absolute atomic E-state index is 0.702. The van der Waals surface area contributed by atoms with Crippen LogP contribution in [0.4, 0.5) is 18.9 Å². The lowest BCUT2D eigenvalue weighted by Gasteiger charge is -2.08. The Bertz CT molecular complexity index is 702. The summed E-state index contributed by atoms with van der Waals surface area (Å²) < 4.78 is 44.4. The second-order valence-electron chi connectivity index (χ2n) is 3.88. The van der Waals surface area contributed by atoms with Crippen LogP contribution in [0, 0.1) is 34.5 Å². The van der Waals surface area contributed by atoms with Crippen molar-refractivity contribution in [3.05, 3.63) is 38.7 Å². The van der Waals surface area contributed by atoms with Gasteiger partial charge in [0.05, 0.1) is 4.92 Å². The highest BCUT2D eigenvalue weighted by molar-refractivity contribution is 6.03. The van der Waals surface area contributed by atoms with Crippen molar-refractivity contribution in [3.8, 4) is 0 Å². The van der Waals surface area contributed by atoms with E-state index >= 15 is 0 Å². The molecular weight excluding hydrogens is 315 g/mol. The Morgan fingerprint density at radius 2 is 1.73 bits per heavy atom. The summed E-state index contributed by atoms with van der Waals surface area (Å²) in [6.07, 6.45) is -1.29. The number of hydrogen-bond acceptors (Lipinski definition) is 6. The molecule has 1 N–H and O–H groups in total. The van der Waals surface area contributed by atoms with Gasteiger partial charge >= 0.3 is 23.6 Å². The third-order valence-corrected chi connectivity index (χ3v) is 2.40. The fourth-order valence-corrected chi connectivity index (χ4v) is 1.44. The maximum absolute atomic E-state index is 13.8. The highest BCUT2D eigenvalue weighted by Crippen LogP contribution is 2.31. The van der Waals surface area contributed by atoms with Gasteiger partial charge in [0.2, 0.25) is 5.82 Å². The fourth-order valence-electron chi connectivity index (χ4n) is 1.44. The van der Waals surface area contributed by atoms with E-state index in [4.69, 9.17) is 5.11 Å². The van der Waals surface area contributed by atoms with Crippen molar-refractivity contribution in [2.75, 3.05) is 0 Å². The number of nitro benzene ring substituents is 1. The largest absolute Gasteiger partial charge is 0.481 e. The van der Waals surface area contributed by atoms with Gasteiger partial charge in [-0.05, 0) is 6.92 Å². The van der Waals surface area contributed by atoms with Crippen LogP contribution in [0.5, 0.6) is 0 Å². The van der Waals surface area contributed by atoms with E-state index in [1.54, 1.807) is 0 Å². The second-order valence-corrected chi connectivity index (χ2v) is 3.88. The second kappa shape index (κ2) is 6.20. The van der Waals surface area contributed by atoms with Crippen LogP contribution in [0.1, 0.15) is 22.3 Å². The maximum Gasteiger partial charge on any atom is 0.356 e. The van der Waals surface area contributed by atoms with E-state index in [9.17, 15) is 37.7 Å². The molecule has 0 heterocycles. The van der Waals surface area contributed by atoms with Crippen molar-refractivity contribution >= 4 is 23.6 Å². The Balaban J connectivity index is 3.40. The number of ether oxygens (including phenoxy) is 1. The molecule has 0 fully saturated rings. The molecular formula is C11H6F3NO7. The third kappa shape index (κ3) is 3.19. The number of hydrogen-bond donors (Lipinski definition) is 1. The summed E-state index contributed by atoms with van der Waals surface area (Å²) in [5.41, 5.74) is -4.51. The zero-order chi connectivity index (χ0) is 17.2. The van der Waals surface area contributed by atoms with Crippen LogP contribution in [-0.4, -0.2) is 27.9 Å². The summed E-state index contributed by atoms with van der Waals surface area (Å²) in [6, 6.07) is 0. The van der Waals surface area contributed by atoms with E-state index in [0.29, 0.717) is 6.92 Å². The van der Waals surface area contributed by atoms with E-state index < -0.39 is 63.5 Å². The topological polar surface area (TPSA) is 124 Å². The van der Waals surface area contributed by atoms with Gasteiger partial charge in [-0.15, -0.1) is 0 Å². The number of carboxylic acids is 1. The Kier molecular flexibility index (Phi) is 4.81. The standard InChI is InChI=1S/C11H6F3NO7/c1-3-7(12)6(10(15(20)21)9(14)8(3)13)11(19)22-5(18)2-4(16)17/h2H2,1H3,(H,16,17). The molecule has 0 saturated carbocycles. The number of carbonyl (C=O) groups excluding carboxylic acids is 2. The predicted octanol–water partition coefficient (Wildman–Crippen LogP) is 1.48. The lowest BCUT2D eigenvalue weighted by Crippen LogP contribution is -2.19. The Labute approximate surface area is 119 Å². The summed E-state index contributed by atoms with van der Waals surface area (Å²) in [5.74, 6) is -11.1. The number of nitro groups is 1. The fraction of sp³-hybridized carbons (Fsp3) is 0.182. The first-order valence-corrected chi connectivity index (χ1v) is 5.36. The summed E-state index contributed by atoms with van der Waals surface area (Å²) in [6.45, 7) is 0.702. The molecule has 0 unspecified atom stereocenters. The molecule has 0 bridgehead atoms. The number of rotatable bonds is 4. The summed E-state index contributed by atoms with van der Waals surface area (Å²) in [7, 11) is 0. The van der Waals surface area contributed by atoms with E-state index in [2.05, 4.69) is 4.74 Å². The smallest absolute Gasteiger partial charge is 0.356 e. The van der Waals surface area contributed by atoms with Crippen molar-refractivity contribution in [1.29, 1.82) is 0 Å². The van der Waals surface area contributed by atoms with Crippen molar-refractivity contribution in [3.63, 3.8) is 0 Å². The van der Waals surface area contributed by atoms with Crippen LogP contribution in [0.15, 0.2) is 0 Å². The van der Waals surface area contributed by atoms with Gasteiger partial charge in [0, 0.05) is 5.56 Å². The van der Waals surface area contributed by atoms with E-state index in [0.717, 1.165) is 0 Å². The first kappa shape index (κ1) is 17.1. The third-order valence-electron chi connectivity index (χ3n) is 2.40. The monoisotopic (exact) mass is 321 g/mol. The molecule has 0 radical (unpaired) electrons. The molecule has 11 heteroatoms. The van der Waals surface area contributed by atoms with E-state index in [-0.39, 0.29) is 0 Å². The lowest BCUT2D eigenvalue weighted by molar-refractivity contribution is -0.388. The van der Waals surface area contributed by atoms with Crippen LogP contribution >= 0.6 is 0 Å². The van der Waals surface area contributed by atoms with E-state index in [1.807, 2.05) is 0 Å². The van der Waals surface area contributed by atoms with Gasteiger partial charge in [0.15, 0.2) is 17.2 Å². The highest BCUT2D eigenvalue weighted by atomic mass is 19.2. The average Bonchev–Trinajstić information content (AvgIpc) is 2.38. The maximum atomic E-state index is 13.8. The SMILES string of the molecule is Cc1c(F)c(F)c([N+](=O)[O-])c(C(=O)OC(=O)CC(=O)O)c1F. The minimum atomic E-state index is -2.11. The molecule has 0 aliphatic rings. The van der Waals surface area contributed by atoms with Gasteiger partial charge in [-0.3, -0.25) is 19.7 Å². The molecule has 0 spiro atoms. The highest BCUT2D eigenvalue weighted by Gasteiger charge is 2.36. The van der Waals surface area contributed by atoms with Gasteiger partial charge < -0.3 is 9.84 Å². The summed E-state index contributed by atoms with van der Waals surface area (Å²) >= 11 is 0. The van der Waals surface area contributed by atoms with Crippen LogP contribution in [0.2, 0.25) is 0 Å². The first-order valence-electron chi connectivity index (χ1n) is 5.36. The van der Waals surface area contributed by atoms with Crippen molar-refractivity contribution in [1.82, 2.24) is 0 Å². The van der Waals surface area contributed by atoms with E-state index in [1.165, 1.54) is 0 Å². The quantitative estimate of drug-likeness (QED) is 0.293. The molecule has 1 aromatic carbocycles. The average molecular weight is 321 g/mol. The Hall–Kier alpha value is -2.98. The summed E-state index contributed by atoms with van der Waals surface area (Å²) in [5, 5.41) is 19.0. The van der Waals surface area contributed by atoms with Crippen LogP contribution < -0.4 is 0 Å². The number of carbonyl (C=O) groups is 3. The van der Waals surface area contributed by atoms with Crippen molar-refractivity contribution in [2.45, 2.75) is 13.3 Å². The molecule has 0 atom stereocenters. The Morgan fingerprint density at radius 3 is 2.18 bits per heavy atom. The molecule has 0 aromatic heterocycles. The number of halogens is 3. The number of esters is 2. The molecule has 0 amide bonds. The predicted molar refractivity (Wildman–Crippen MR) is 60.4 cm³/mol. The van der Waals surface area contributed by atoms with Crippen LogP contribution in [-0.2, 0) is 14.3 Å². The van der Waals surface area contributed by atoms with Gasteiger partial charge in [0.25, 0.3) is 0 Å². The zero-order valence-electron chi connectivity index (χ0n) is 10.7. The normalized spacial score (nSPS) is 10.2. The molecule has 8 nitrogen and oxygen atoms in total. The van der Waals surface area contributed by atoms with Crippen molar-refractivity contribution in [2.24, 2.45) is 0 Å². The van der Waals surface area contributed by atoms with Gasteiger partial charge in [-0.2, -0.15) is 4.39 Å². The number of aliphatic carboxylic acids is 1.